The Kier molecular flexibility index (Phi) is 7.18. The fraction of sp³-hybridized carbons (Fsp3) is 0.467. The second kappa shape index (κ2) is 8.64. The zero-order valence-electron chi connectivity index (χ0n) is 13.5. The first-order valence-corrected chi connectivity index (χ1v) is 8.95. The predicted molar refractivity (Wildman–Crippen MR) is 87.5 cm³/mol. The molecule has 0 aliphatic carbocycles. The van der Waals surface area contributed by atoms with Crippen molar-refractivity contribution in [2.24, 2.45) is 0 Å². The van der Waals surface area contributed by atoms with Crippen LogP contribution in [-0.2, 0) is 14.8 Å². The number of carbonyl (C=O) groups excluding carboxylic acids is 2. The van der Waals surface area contributed by atoms with Crippen molar-refractivity contribution in [2.45, 2.75) is 38.1 Å². The Labute approximate surface area is 136 Å². The minimum absolute atomic E-state index is 0.0954. The lowest BCUT2D eigenvalue weighted by atomic mass is 10.2. The molecule has 2 amide bonds. The smallest absolute Gasteiger partial charge is 0.251 e. The Hall–Kier alpha value is -1.93. The molecule has 0 bridgehead atoms. The summed E-state index contributed by atoms with van der Waals surface area (Å²) < 4.78 is 26.8. The van der Waals surface area contributed by atoms with Crippen LogP contribution in [-0.4, -0.2) is 39.4 Å². The van der Waals surface area contributed by atoms with Crippen molar-refractivity contribution in [2.75, 3.05) is 13.1 Å². The van der Waals surface area contributed by atoms with E-state index >= 15 is 0 Å². The molecule has 0 fully saturated rings. The van der Waals surface area contributed by atoms with Crippen LogP contribution in [0.25, 0.3) is 0 Å². The summed E-state index contributed by atoms with van der Waals surface area (Å²) in [6.07, 6.45) is 0.680. The molecule has 0 heterocycles. The average molecular weight is 341 g/mol. The van der Waals surface area contributed by atoms with Crippen molar-refractivity contribution in [1.29, 1.82) is 0 Å². The van der Waals surface area contributed by atoms with Gasteiger partial charge in [-0.1, -0.05) is 6.92 Å². The van der Waals surface area contributed by atoms with E-state index in [0.29, 0.717) is 13.0 Å². The van der Waals surface area contributed by atoms with Gasteiger partial charge in [-0.15, -0.1) is 0 Å². The number of amides is 2. The van der Waals surface area contributed by atoms with Gasteiger partial charge in [0.05, 0.1) is 11.4 Å². The van der Waals surface area contributed by atoms with Crippen LogP contribution in [0.1, 0.15) is 37.6 Å². The van der Waals surface area contributed by atoms with Crippen molar-refractivity contribution in [1.82, 2.24) is 15.4 Å². The van der Waals surface area contributed by atoms with Gasteiger partial charge in [-0.05, 0) is 44.5 Å². The lowest BCUT2D eigenvalue weighted by Crippen LogP contribution is -2.36. The highest BCUT2D eigenvalue weighted by Crippen LogP contribution is 2.11. The number of carbonyl (C=O) groups is 2. The molecule has 3 N–H and O–H groups in total. The van der Waals surface area contributed by atoms with Crippen LogP contribution < -0.4 is 15.4 Å². The van der Waals surface area contributed by atoms with Crippen LogP contribution in [0.15, 0.2) is 29.2 Å². The minimum atomic E-state index is -3.59. The molecule has 0 unspecified atom stereocenters. The van der Waals surface area contributed by atoms with Crippen LogP contribution in [0.3, 0.4) is 0 Å². The monoisotopic (exact) mass is 341 g/mol. The third kappa shape index (κ3) is 5.99. The van der Waals surface area contributed by atoms with E-state index in [0.717, 1.165) is 0 Å². The van der Waals surface area contributed by atoms with Crippen molar-refractivity contribution < 1.29 is 18.0 Å². The quantitative estimate of drug-likeness (QED) is 0.645. The van der Waals surface area contributed by atoms with E-state index in [4.69, 9.17) is 0 Å². The number of rotatable bonds is 8. The van der Waals surface area contributed by atoms with E-state index in [1.54, 1.807) is 13.8 Å². The first-order valence-electron chi connectivity index (χ1n) is 7.47. The van der Waals surface area contributed by atoms with Crippen LogP contribution in [0.5, 0.6) is 0 Å². The molecule has 8 heteroatoms. The third-order valence-electron chi connectivity index (χ3n) is 3.18. The second-order valence-corrected chi connectivity index (χ2v) is 6.81. The molecule has 1 aromatic carbocycles. The number of likely N-dealkylation sites (N-methyl/N-ethyl adjacent to an activating group) is 1. The van der Waals surface area contributed by atoms with Gasteiger partial charge in [-0.25, -0.2) is 13.1 Å². The molecular formula is C15H23N3O4S. The van der Waals surface area contributed by atoms with Crippen LogP contribution >= 0.6 is 0 Å². The third-order valence-corrected chi connectivity index (χ3v) is 4.78. The molecule has 0 aliphatic rings. The van der Waals surface area contributed by atoms with Crippen molar-refractivity contribution in [3.63, 3.8) is 0 Å². The van der Waals surface area contributed by atoms with Crippen molar-refractivity contribution >= 4 is 21.8 Å². The van der Waals surface area contributed by atoms with E-state index in [9.17, 15) is 18.0 Å². The summed E-state index contributed by atoms with van der Waals surface area (Å²) in [5.41, 5.74) is 0.289. The first kappa shape index (κ1) is 19.1. The average Bonchev–Trinajstić information content (AvgIpc) is 2.52. The number of nitrogens with one attached hydrogen (secondary N) is 3. The van der Waals surface area contributed by atoms with E-state index in [1.807, 2.05) is 6.92 Å². The normalized spacial score (nSPS) is 12.5. The second-order valence-electron chi connectivity index (χ2n) is 5.09. The Balaban J connectivity index is 2.72. The standard InChI is InChI=1S/C15H23N3O4S/c1-4-11(3)18-23(21,22)13-8-6-12(7-9-13)15(20)17-10-14(19)16-5-2/h6-9,11,18H,4-5,10H2,1-3H3,(H,16,19)(H,17,20)/t11-/m0/s1. The van der Waals surface area contributed by atoms with Gasteiger partial charge in [0, 0.05) is 18.2 Å². The summed E-state index contributed by atoms with van der Waals surface area (Å²) >= 11 is 0. The van der Waals surface area contributed by atoms with Gasteiger partial charge in [0.1, 0.15) is 0 Å². The number of sulfonamides is 1. The Morgan fingerprint density at radius 1 is 1.09 bits per heavy atom. The molecule has 0 spiro atoms. The maximum absolute atomic E-state index is 12.1. The lowest BCUT2D eigenvalue weighted by Gasteiger charge is -2.12. The molecule has 0 aliphatic heterocycles. The van der Waals surface area contributed by atoms with Crippen molar-refractivity contribution in [3.8, 4) is 0 Å². The molecular weight excluding hydrogens is 318 g/mol. The Bertz CT molecular complexity index is 641. The van der Waals surface area contributed by atoms with Gasteiger partial charge in [-0.3, -0.25) is 9.59 Å². The Morgan fingerprint density at radius 2 is 1.70 bits per heavy atom. The Morgan fingerprint density at radius 3 is 2.22 bits per heavy atom. The number of hydrogen-bond donors (Lipinski definition) is 3. The maximum Gasteiger partial charge on any atom is 0.251 e. The SMILES string of the molecule is CCNC(=O)CNC(=O)c1ccc(S(=O)(=O)N[C@@H](C)CC)cc1. The lowest BCUT2D eigenvalue weighted by molar-refractivity contribution is -0.120. The highest BCUT2D eigenvalue weighted by atomic mass is 32.2. The van der Waals surface area contributed by atoms with Gasteiger partial charge in [0.15, 0.2) is 0 Å². The number of hydrogen-bond acceptors (Lipinski definition) is 4. The zero-order chi connectivity index (χ0) is 17.5. The maximum atomic E-state index is 12.1. The summed E-state index contributed by atoms with van der Waals surface area (Å²) in [7, 11) is -3.59. The summed E-state index contributed by atoms with van der Waals surface area (Å²) in [5.74, 6) is -0.715. The molecule has 1 aromatic rings. The van der Waals surface area contributed by atoms with E-state index < -0.39 is 15.9 Å². The molecule has 7 nitrogen and oxygen atoms in total. The van der Waals surface area contributed by atoms with E-state index in [2.05, 4.69) is 15.4 Å². The fourth-order valence-corrected chi connectivity index (χ4v) is 3.05. The molecule has 1 atom stereocenters. The van der Waals surface area contributed by atoms with Gasteiger partial charge in [-0.2, -0.15) is 0 Å². The molecule has 0 saturated carbocycles. The number of benzene rings is 1. The molecule has 0 radical (unpaired) electrons. The molecule has 128 valence electrons. The fourth-order valence-electron chi connectivity index (χ4n) is 1.72. The van der Waals surface area contributed by atoms with Gasteiger partial charge >= 0.3 is 0 Å². The predicted octanol–water partition coefficient (Wildman–Crippen LogP) is 0.629. The minimum Gasteiger partial charge on any atom is -0.355 e. The van der Waals surface area contributed by atoms with Crippen LogP contribution in [0.2, 0.25) is 0 Å². The van der Waals surface area contributed by atoms with E-state index in [1.165, 1.54) is 24.3 Å². The topological polar surface area (TPSA) is 104 Å². The summed E-state index contributed by atoms with van der Waals surface area (Å²) in [6, 6.07) is 5.40. The summed E-state index contributed by atoms with van der Waals surface area (Å²) in [6.45, 7) is 5.81. The molecule has 1 rings (SSSR count). The van der Waals surface area contributed by atoms with E-state index in [-0.39, 0.29) is 29.0 Å². The van der Waals surface area contributed by atoms with Crippen molar-refractivity contribution in [3.05, 3.63) is 29.8 Å². The highest BCUT2D eigenvalue weighted by Gasteiger charge is 2.17. The molecule has 0 saturated heterocycles. The van der Waals surface area contributed by atoms with Crippen LogP contribution in [0.4, 0.5) is 0 Å². The van der Waals surface area contributed by atoms with Gasteiger partial charge in [0.25, 0.3) is 5.91 Å². The molecule has 0 aromatic heterocycles. The van der Waals surface area contributed by atoms with Gasteiger partial charge < -0.3 is 10.6 Å². The molecule has 23 heavy (non-hydrogen) atoms. The summed E-state index contributed by atoms with van der Waals surface area (Å²) in [5, 5.41) is 5.03. The largest absolute Gasteiger partial charge is 0.355 e. The first-order chi connectivity index (χ1) is 10.8. The zero-order valence-corrected chi connectivity index (χ0v) is 14.4. The van der Waals surface area contributed by atoms with Gasteiger partial charge in [0.2, 0.25) is 15.9 Å². The highest BCUT2D eigenvalue weighted by molar-refractivity contribution is 7.89. The van der Waals surface area contributed by atoms with Crippen LogP contribution in [0, 0.1) is 0 Å². The summed E-state index contributed by atoms with van der Waals surface area (Å²) in [4.78, 5) is 23.3.